The fourth-order valence-corrected chi connectivity index (χ4v) is 9.83. The largest absolute Gasteiger partial charge is 0.333 e. The smallest absolute Gasteiger partial charge is 0.132 e. The lowest BCUT2D eigenvalue weighted by atomic mass is 9.49. The van der Waals surface area contributed by atoms with Crippen LogP contribution in [0.15, 0.2) is 36.2 Å². The van der Waals surface area contributed by atoms with E-state index in [2.05, 4.69) is 58.4 Å². The van der Waals surface area contributed by atoms with Crippen molar-refractivity contribution in [2.75, 3.05) is 11.9 Å². The van der Waals surface area contributed by atoms with Gasteiger partial charge in [-0.15, -0.1) is 0 Å². The van der Waals surface area contributed by atoms with Crippen molar-refractivity contribution in [3.63, 3.8) is 0 Å². The number of nitrogens with zero attached hydrogens (tertiary/aromatic N) is 2. The summed E-state index contributed by atoms with van der Waals surface area (Å²) in [4.78, 5) is 7.22. The van der Waals surface area contributed by atoms with Gasteiger partial charge in [0.25, 0.3) is 0 Å². The van der Waals surface area contributed by atoms with Crippen LogP contribution in [0.3, 0.4) is 0 Å². The van der Waals surface area contributed by atoms with Crippen molar-refractivity contribution < 1.29 is 0 Å². The van der Waals surface area contributed by atoms with Gasteiger partial charge in [-0.25, -0.2) is 4.98 Å². The third kappa shape index (κ3) is 4.42. The third-order valence-corrected chi connectivity index (χ3v) is 11.3. The summed E-state index contributed by atoms with van der Waals surface area (Å²) < 4.78 is 0. The van der Waals surface area contributed by atoms with Crippen molar-refractivity contribution in [2.45, 2.75) is 98.3 Å². The molecule has 4 fully saturated rings. The van der Waals surface area contributed by atoms with Crippen LogP contribution < -0.4 is 4.90 Å². The summed E-state index contributed by atoms with van der Waals surface area (Å²) in [6.07, 6.45) is 20.1. The van der Waals surface area contributed by atoms with E-state index in [1.165, 1.54) is 69.8 Å². The van der Waals surface area contributed by atoms with Crippen LogP contribution in [-0.4, -0.2) is 12.0 Å². The van der Waals surface area contributed by atoms with Gasteiger partial charge in [-0.3, -0.25) is 0 Å². The zero-order chi connectivity index (χ0) is 24.7. The molecule has 192 valence electrons. The molecular weight excluding hydrogens is 424 g/mol. The van der Waals surface area contributed by atoms with E-state index in [0.717, 1.165) is 46.9 Å². The predicted octanol–water partition coefficient (Wildman–Crippen LogP) is 9.14. The molecule has 2 nitrogen and oxygen atoms in total. The van der Waals surface area contributed by atoms with Crippen LogP contribution in [0.25, 0.3) is 6.08 Å². The lowest BCUT2D eigenvalue weighted by Gasteiger charge is -2.56. The summed E-state index contributed by atoms with van der Waals surface area (Å²) in [6, 6.07) is 4.31. The lowest BCUT2D eigenvalue weighted by Crippen LogP contribution is -2.49. The Balaban J connectivity index is 1.35. The standard InChI is InChI=1S/C33H50N2/c1-7-9-24-10-13-26-25(20-24)12-14-28-27(26)18-19-33(5)29(28)15-16-30(33)32(22(3)4)35(6)31-17-11-23(8-2)21-34-31/h8,11,17,21,24-30H,2,7,9-10,12-16,18-20H2,1,3-6H3/t24-,25+,26-,27?,28+,29?,30+,33-/m0/s1. The molecule has 5 rings (SSSR count). The molecule has 0 N–H and O–H groups in total. The van der Waals surface area contributed by atoms with Gasteiger partial charge in [-0.05, 0) is 124 Å². The Morgan fingerprint density at radius 3 is 2.54 bits per heavy atom. The summed E-state index contributed by atoms with van der Waals surface area (Å²) in [6.45, 7) is 13.6. The third-order valence-electron chi connectivity index (χ3n) is 11.3. The van der Waals surface area contributed by atoms with Gasteiger partial charge in [0.15, 0.2) is 0 Å². The quantitative estimate of drug-likeness (QED) is 0.408. The van der Waals surface area contributed by atoms with Gasteiger partial charge in [-0.2, -0.15) is 0 Å². The monoisotopic (exact) mass is 474 g/mol. The fraction of sp³-hybridized carbons (Fsp3) is 0.727. The molecule has 8 atom stereocenters. The second-order valence-corrected chi connectivity index (χ2v) is 13.2. The predicted molar refractivity (Wildman–Crippen MR) is 150 cm³/mol. The van der Waals surface area contributed by atoms with Crippen LogP contribution in [-0.2, 0) is 0 Å². The molecule has 35 heavy (non-hydrogen) atoms. The van der Waals surface area contributed by atoms with Crippen LogP contribution in [0.1, 0.15) is 104 Å². The number of fused-ring (bicyclic) bond motifs is 5. The van der Waals surface area contributed by atoms with Gasteiger partial charge in [0, 0.05) is 24.9 Å². The molecule has 2 heteroatoms. The summed E-state index contributed by atoms with van der Waals surface area (Å²) in [5.41, 5.74) is 4.54. The maximum absolute atomic E-state index is 4.80. The molecule has 0 saturated heterocycles. The average Bonchev–Trinajstić information content (AvgIpc) is 3.20. The number of aromatic nitrogens is 1. The summed E-state index contributed by atoms with van der Waals surface area (Å²) in [5, 5.41) is 0. The van der Waals surface area contributed by atoms with Crippen molar-refractivity contribution in [2.24, 2.45) is 46.8 Å². The minimum Gasteiger partial charge on any atom is -0.333 e. The van der Waals surface area contributed by atoms with E-state index in [-0.39, 0.29) is 0 Å². The number of hydrogen-bond acceptors (Lipinski definition) is 2. The topological polar surface area (TPSA) is 16.1 Å². The SMILES string of the molecule is C=Cc1ccc(N(C)C(=C(C)C)[C@H]2CCC3[C@@H]4CC[C@@H]5C[C@@H](CCC)CC[C@@H]5C4CC[C@@]32C)nc1. The minimum atomic E-state index is 0.440. The second kappa shape index (κ2) is 10.1. The Morgan fingerprint density at radius 2 is 1.86 bits per heavy atom. The van der Waals surface area contributed by atoms with Gasteiger partial charge in [0.2, 0.25) is 0 Å². The molecule has 4 aliphatic carbocycles. The van der Waals surface area contributed by atoms with Gasteiger partial charge >= 0.3 is 0 Å². The number of rotatable bonds is 6. The van der Waals surface area contributed by atoms with Crippen LogP contribution in [0.2, 0.25) is 0 Å². The van der Waals surface area contributed by atoms with Crippen LogP contribution in [0, 0.1) is 46.8 Å². The van der Waals surface area contributed by atoms with E-state index in [9.17, 15) is 0 Å². The maximum Gasteiger partial charge on any atom is 0.132 e. The molecule has 2 unspecified atom stereocenters. The van der Waals surface area contributed by atoms with Crippen molar-refractivity contribution in [1.82, 2.24) is 4.98 Å². The Morgan fingerprint density at radius 1 is 1.06 bits per heavy atom. The second-order valence-electron chi connectivity index (χ2n) is 13.2. The Kier molecular flexibility index (Phi) is 7.21. The first-order valence-electron chi connectivity index (χ1n) is 14.9. The molecule has 0 aliphatic heterocycles. The van der Waals surface area contributed by atoms with Crippen LogP contribution in [0.5, 0.6) is 0 Å². The number of hydrogen-bond donors (Lipinski definition) is 0. The summed E-state index contributed by atoms with van der Waals surface area (Å²) in [5.74, 6) is 7.77. The van der Waals surface area contributed by atoms with Crippen molar-refractivity contribution in [1.29, 1.82) is 0 Å². The molecule has 0 bridgehead atoms. The van der Waals surface area contributed by atoms with Crippen molar-refractivity contribution in [3.05, 3.63) is 41.7 Å². The van der Waals surface area contributed by atoms with E-state index < -0.39 is 0 Å². The lowest BCUT2D eigenvalue weighted by molar-refractivity contribution is -0.0650. The zero-order valence-electron chi connectivity index (χ0n) is 23.2. The van der Waals surface area contributed by atoms with Crippen LogP contribution >= 0.6 is 0 Å². The van der Waals surface area contributed by atoms with E-state index >= 15 is 0 Å². The first-order valence-corrected chi connectivity index (χ1v) is 14.9. The molecule has 1 heterocycles. The highest BCUT2D eigenvalue weighted by Crippen LogP contribution is 2.66. The van der Waals surface area contributed by atoms with Gasteiger partial charge in [-0.1, -0.05) is 51.3 Å². The highest BCUT2D eigenvalue weighted by atomic mass is 15.2. The minimum absolute atomic E-state index is 0.440. The summed E-state index contributed by atoms with van der Waals surface area (Å²) in [7, 11) is 2.25. The fourth-order valence-electron chi connectivity index (χ4n) is 9.83. The van der Waals surface area contributed by atoms with Gasteiger partial charge < -0.3 is 4.90 Å². The highest BCUT2D eigenvalue weighted by molar-refractivity contribution is 5.52. The summed E-state index contributed by atoms with van der Waals surface area (Å²) >= 11 is 0. The molecule has 0 spiro atoms. The zero-order valence-corrected chi connectivity index (χ0v) is 23.2. The molecule has 1 aromatic heterocycles. The Bertz CT molecular complexity index is 925. The Labute approximate surface area is 215 Å². The van der Waals surface area contributed by atoms with E-state index in [0.29, 0.717) is 11.3 Å². The molecule has 0 aromatic carbocycles. The Hall–Kier alpha value is -1.57. The number of pyridine rings is 1. The highest BCUT2D eigenvalue weighted by Gasteiger charge is 2.58. The first kappa shape index (κ1) is 25.1. The first-order chi connectivity index (χ1) is 16.9. The van der Waals surface area contributed by atoms with Crippen molar-refractivity contribution in [3.8, 4) is 0 Å². The van der Waals surface area contributed by atoms with Crippen LogP contribution in [0.4, 0.5) is 5.82 Å². The van der Waals surface area contributed by atoms with Gasteiger partial charge in [0.05, 0.1) is 0 Å². The molecular formula is C33H50N2. The molecule has 0 amide bonds. The number of anilines is 1. The normalized spacial score (nSPS) is 38.1. The van der Waals surface area contributed by atoms with E-state index in [1.807, 2.05) is 12.3 Å². The molecule has 0 radical (unpaired) electrons. The molecule has 4 aliphatic rings. The number of allylic oxidation sites excluding steroid dienone is 2. The average molecular weight is 475 g/mol. The van der Waals surface area contributed by atoms with E-state index in [4.69, 9.17) is 4.98 Å². The van der Waals surface area contributed by atoms with Gasteiger partial charge in [0.1, 0.15) is 5.82 Å². The molecule has 1 aromatic rings. The van der Waals surface area contributed by atoms with Crippen molar-refractivity contribution >= 4 is 11.9 Å². The molecule has 4 saturated carbocycles. The van der Waals surface area contributed by atoms with E-state index in [1.54, 1.807) is 12.1 Å². The maximum atomic E-state index is 4.80.